The summed E-state index contributed by atoms with van der Waals surface area (Å²) in [5.74, 6) is 3.22. The predicted octanol–water partition coefficient (Wildman–Crippen LogP) is 1.89. The van der Waals surface area contributed by atoms with Gasteiger partial charge in [0, 0.05) is 24.6 Å². The van der Waals surface area contributed by atoms with Crippen LogP contribution < -0.4 is 5.32 Å². The fourth-order valence-corrected chi connectivity index (χ4v) is 3.37. The van der Waals surface area contributed by atoms with E-state index >= 15 is 0 Å². The second kappa shape index (κ2) is 5.12. The van der Waals surface area contributed by atoms with E-state index in [-0.39, 0.29) is 0 Å². The third-order valence-electron chi connectivity index (χ3n) is 3.28. The lowest BCUT2D eigenvalue weighted by atomic mass is 10.0. The van der Waals surface area contributed by atoms with E-state index < -0.39 is 0 Å². The first kappa shape index (κ1) is 11.7. The molecule has 1 aliphatic heterocycles. The number of benzene rings is 1. The van der Waals surface area contributed by atoms with Gasteiger partial charge in [0.05, 0.1) is 6.54 Å². The fraction of sp³-hybridized carbons (Fsp3) is 0.385. The first-order chi connectivity index (χ1) is 8.84. The molecule has 1 N–H and O–H groups in total. The molecule has 0 saturated heterocycles. The average molecular weight is 260 g/mol. The van der Waals surface area contributed by atoms with Crippen molar-refractivity contribution in [1.29, 1.82) is 0 Å². The molecule has 4 nitrogen and oxygen atoms in total. The molecule has 0 aliphatic carbocycles. The number of thioether (sulfide) groups is 1. The number of aryl methyl sites for hydroxylation is 1. The van der Waals surface area contributed by atoms with Gasteiger partial charge in [-0.25, -0.2) is 0 Å². The van der Waals surface area contributed by atoms with Crippen molar-refractivity contribution < 1.29 is 0 Å². The van der Waals surface area contributed by atoms with Crippen molar-refractivity contribution in [1.82, 2.24) is 20.1 Å². The quantitative estimate of drug-likeness (QED) is 0.915. The summed E-state index contributed by atoms with van der Waals surface area (Å²) in [5.41, 5.74) is 2.88. The molecule has 0 fully saturated rings. The highest BCUT2D eigenvalue weighted by molar-refractivity contribution is 7.98. The highest BCUT2D eigenvalue weighted by Gasteiger charge is 2.19. The van der Waals surface area contributed by atoms with Crippen LogP contribution in [0.5, 0.6) is 0 Å². The van der Waals surface area contributed by atoms with E-state index in [9.17, 15) is 0 Å². The van der Waals surface area contributed by atoms with Crippen molar-refractivity contribution in [3.8, 4) is 0 Å². The molecule has 1 aliphatic rings. The summed E-state index contributed by atoms with van der Waals surface area (Å²) in [5, 5.41) is 11.6. The van der Waals surface area contributed by atoms with E-state index in [0.29, 0.717) is 6.04 Å². The summed E-state index contributed by atoms with van der Waals surface area (Å²) >= 11 is 1.98. The van der Waals surface area contributed by atoms with E-state index in [1.807, 2.05) is 23.4 Å². The van der Waals surface area contributed by atoms with Crippen LogP contribution in [0.15, 0.2) is 30.6 Å². The van der Waals surface area contributed by atoms with Gasteiger partial charge in [-0.15, -0.1) is 10.2 Å². The molecule has 0 radical (unpaired) electrons. The average Bonchev–Trinajstić information content (AvgIpc) is 2.82. The first-order valence-electron chi connectivity index (χ1n) is 6.06. The molecule has 18 heavy (non-hydrogen) atoms. The molecular formula is C13H16N4S. The van der Waals surface area contributed by atoms with Crippen molar-refractivity contribution >= 4 is 11.8 Å². The molecule has 0 spiro atoms. The Morgan fingerprint density at radius 3 is 3.17 bits per heavy atom. The van der Waals surface area contributed by atoms with Gasteiger partial charge in [-0.1, -0.05) is 24.3 Å². The monoisotopic (exact) mass is 260 g/mol. The third kappa shape index (κ3) is 2.28. The van der Waals surface area contributed by atoms with Gasteiger partial charge in [-0.3, -0.25) is 0 Å². The Labute approximate surface area is 111 Å². The third-order valence-corrected chi connectivity index (χ3v) is 4.37. The second-order valence-electron chi connectivity index (χ2n) is 4.51. The predicted molar refractivity (Wildman–Crippen MR) is 73.2 cm³/mol. The Morgan fingerprint density at radius 2 is 2.33 bits per heavy atom. The maximum absolute atomic E-state index is 4.10. The molecule has 2 heterocycles. The van der Waals surface area contributed by atoms with Crippen LogP contribution >= 0.6 is 11.8 Å². The molecule has 3 rings (SSSR count). The Bertz CT molecular complexity index is 537. The zero-order chi connectivity index (χ0) is 12.4. The number of aromatic nitrogens is 3. The maximum atomic E-state index is 4.10. The molecule has 0 bridgehead atoms. The van der Waals surface area contributed by atoms with Gasteiger partial charge >= 0.3 is 0 Å². The topological polar surface area (TPSA) is 42.7 Å². The Kier molecular flexibility index (Phi) is 3.34. The van der Waals surface area contributed by atoms with Crippen LogP contribution in [0.4, 0.5) is 0 Å². The van der Waals surface area contributed by atoms with E-state index in [2.05, 4.69) is 39.8 Å². The largest absolute Gasteiger partial charge is 0.320 e. The summed E-state index contributed by atoms with van der Waals surface area (Å²) in [6, 6.07) is 9.09. The number of rotatable bonds is 3. The van der Waals surface area contributed by atoms with E-state index in [4.69, 9.17) is 0 Å². The van der Waals surface area contributed by atoms with Gasteiger partial charge in [-0.2, -0.15) is 11.8 Å². The van der Waals surface area contributed by atoms with Crippen LogP contribution in [0.3, 0.4) is 0 Å². The molecule has 1 unspecified atom stereocenters. The number of hydrogen-bond donors (Lipinski definition) is 1. The second-order valence-corrected chi connectivity index (χ2v) is 5.54. The minimum absolute atomic E-state index is 0.414. The van der Waals surface area contributed by atoms with Crippen LogP contribution in [-0.2, 0) is 19.3 Å². The normalized spacial score (nSPS) is 18.6. The number of hydrogen-bond acceptors (Lipinski definition) is 4. The van der Waals surface area contributed by atoms with E-state index in [0.717, 1.165) is 23.9 Å². The molecule has 94 valence electrons. The summed E-state index contributed by atoms with van der Waals surface area (Å²) < 4.78 is 1.95. The lowest BCUT2D eigenvalue weighted by Crippen LogP contribution is -2.27. The van der Waals surface area contributed by atoms with Gasteiger partial charge < -0.3 is 9.88 Å². The molecule has 1 atom stereocenters. The van der Waals surface area contributed by atoms with Crippen molar-refractivity contribution in [3.63, 3.8) is 0 Å². The standard InChI is InChI=1S/C13H16N4S/c1-17-9-15-16-13(17)6-14-12-8-18-7-10-4-2-3-5-11(10)12/h2-5,9,12,14H,6-8H2,1H3. The van der Waals surface area contributed by atoms with Gasteiger partial charge in [0.15, 0.2) is 0 Å². The smallest absolute Gasteiger partial charge is 0.146 e. The SMILES string of the molecule is Cn1cnnc1CNC1CSCc2ccccc21. The van der Waals surface area contributed by atoms with Crippen molar-refractivity contribution in [2.24, 2.45) is 7.05 Å². The van der Waals surface area contributed by atoms with E-state index in [1.165, 1.54) is 11.1 Å². The highest BCUT2D eigenvalue weighted by atomic mass is 32.2. The van der Waals surface area contributed by atoms with Crippen LogP contribution in [0, 0.1) is 0 Å². The molecule has 0 saturated carbocycles. The number of nitrogens with zero attached hydrogens (tertiary/aromatic N) is 3. The van der Waals surface area contributed by atoms with Gasteiger partial charge in [0.25, 0.3) is 0 Å². The van der Waals surface area contributed by atoms with Crippen molar-refractivity contribution in [2.75, 3.05) is 5.75 Å². The first-order valence-corrected chi connectivity index (χ1v) is 7.22. The van der Waals surface area contributed by atoms with Crippen LogP contribution in [0.1, 0.15) is 23.0 Å². The lowest BCUT2D eigenvalue weighted by Gasteiger charge is -2.25. The Balaban J connectivity index is 1.73. The number of fused-ring (bicyclic) bond motifs is 1. The summed E-state index contributed by atoms with van der Waals surface area (Å²) in [6.45, 7) is 0.760. The van der Waals surface area contributed by atoms with Gasteiger partial charge in [0.2, 0.25) is 0 Å². The zero-order valence-electron chi connectivity index (χ0n) is 10.3. The fourth-order valence-electron chi connectivity index (χ4n) is 2.23. The van der Waals surface area contributed by atoms with Crippen molar-refractivity contribution in [2.45, 2.75) is 18.3 Å². The van der Waals surface area contributed by atoms with Crippen LogP contribution in [0.2, 0.25) is 0 Å². The van der Waals surface area contributed by atoms with Crippen molar-refractivity contribution in [3.05, 3.63) is 47.5 Å². The van der Waals surface area contributed by atoms with Gasteiger partial charge in [0.1, 0.15) is 12.2 Å². The van der Waals surface area contributed by atoms with Crippen LogP contribution in [-0.4, -0.2) is 20.5 Å². The zero-order valence-corrected chi connectivity index (χ0v) is 11.2. The minimum Gasteiger partial charge on any atom is -0.320 e. The Morgan fingerprint density at radius 1 is 1.44 bits per heavy atom. The molecule has 1 aromatic carbocycles. The van der Waals surface area contributed by atoms with Gasteiger partial charge in [-0.05, 0) is 11.1 Å². The van der Waals surface area contributed by atoms with E-state index in [1.54, 1.807) is 6.33 Å². The lowest BCUT2D eigenvalue weighted by molar-refractivity contribution is 0.549. The molecular weight excluding hydrogens is 244 g/mol. The summed E-state index contributed by atoms with van der Waals surface area (Å²) in [6.07, 6.45) is 1.74. The maximum Gasteiger partial charge on any atom is 0.146 e. The molecule has 0 amide bonds. The minimum atomic E-state index is 0.414. The molecule has 5 heteroatoms. The highest BCUT2D eigenvalue weighted by Crippen LogP contribution is 2.31. The Hall–Kier alpha value is -1.33. The van der Waals surface area contributed by atoms with Crippen LogP contribution in [0.25, 0.3) is 0 Å². The molecule has 2 aromatic rings. The summed E-state index contributed by atoms with van der Waals surface area (Å²) in [4.78, 5) is 0. The molecule has 1 aromatic heterocycles. The summed E-state index contributed by atoms with van der Waals surface area (Å²) in [7, 11) is 1.97. The number of nitrogens with one attached hydrogen (secondary N) is 1.